The van der Waals surface area contributed by atoms with Crippen LogP contribution in [0.3, 0.4) is 0 Å². The van der Waals surface area contributed by atoms with Gasteiger partial charge in [0, 0.05) is 64.6 Å². The molecule has 4 aromatic rings. The van der Waals surface area contributed by atoms with Crippen molar-refractivity contribution >= 4 is 243 Å². The molecule has 0 aromatic heterocycles. The van der Waals surface area contributed by atoms with Gasteiger partial charge in [-0.25, -0.2) is 20.0 Å². The Morgan fingerprint density at radius 1 is 0.231 bits per heavy atom. The van der Waals surface area contributed by atoms with Crippen molar-refractivity contribution in [2.24, 2.45) is 20.0 Å². The highest BCUT2D eigenvalue weighted by Crippen LogP contribution is 2.56. The van der Waals surface area contributed by atoms with Crippen LogP contribution in [-0.2, 0) is 0 Å². The van der Waals surface area contributed by atoms with E-state index in [-0.39, 0.29) is 183 Å². The lowest BCUT2D eigenvalue weighted by Gasteiger charge is -2.21. The van der Waals surface area contributed by atoms with Crippen molar-refractivity contribution in [1.82, 2.24) is 0 Å². The quantitative estimate of drug-likeness (QED) is 0.196. The highest BCUT2D eigenvalue weighted by atomic mass is 35.5. The van der Waals surface area contributed by atoms with Crippen LogP contribution in [0, 0.1) is 0 Å². The molecule has 0 unspecified atom stereocenters. The Balaban J connectivity index is 0.00000576. The summed E-state index contributed by atoms with van der Waals surface area (Å²) >= 11 is 114. The summed E-state index contributed by atoms with van der Waals surface area (Å²) in [5, 5.41) is 0.278. The number of fused-ring (bicyclic) bond motifs is 4. The maximum atomic E-state index is 7.53. The smallest absolute Gasteiger partial charge is 0.105 e. The van der Waals surface area contributed by atoms with Gasteiger partial charge in [0.1, 0.15) is 28.5 Å². The van der Waals surface area contributed by atoms with Gasteiger partial charge in [0.05, 0.1) is 77.5 Å². The molecule has 0 spiro atoms. The topological polar surface area (TPSA) is 49.4 Å². The maximum Gasteiger partial charge on any atom is 0.105 e. The zero-order chi connectivity index (χ0) is 45.8. The SMILES string of the molecule is Cl.ClC1=C(Cl)C2=C(Cl)C3=NC(=C(Cl)C4=NC(=C(c5c(Cl)cccc5Cl)C5=NC(=C(Cl)C1=N2)C(Cl)=C5c1c(Cl)cccc1Cl)C(c1c(Cl)cccc1Cl)=C4c1c(Cl)cccc1Cl)C(Cl)=C3Cl. The van der Waals surface area contributed by atoms with Crippen LogP contribution in [0.2, 0.25) is 40.2 Å². The molecular weight excluding hydrogens is 1190 g/mol. The molecule has 0 saturated carbocycles. The van der Waals surface area contributed by atoms with Gasteiger partial charge >= 0.3 is 0 Å². The average molecular weight is 1200 g/mol. The second kappa shape index (κ2) is 19.3. The zero-order valence-electron chi connectivity index (χ0n) is 31.2. The number of benzene rings is 4. The first kappa shape index (κ1) is 49.8. The second-order valence-electron chi connectivity index (χ2n) is 13.6. The van der Waals surface area contributed by atoms with Crippen molar-refractivity contribution in [1.29, 1.82) is 0 Å². The highest BCUT2D eigenvalue weighted by molar-refractivity contribution is 6.67. The van der Waals surface area contributed by atoms with E-state index in [9.17, 15) is 0 Å². The van der Waals surface area contributed by atoms with Gasteiger partial charge in [-0.05, 0) is 48.5 Å². The van der Waals surface area contributed by atoms with E-state index < -0.39 is 0 Å². The molecule has 8 bridgehead atoms. The Kier molecular flexibility index (Phi) is 14.8. The minimum absolute atomic E-state index is 0. The molecule has 0 aliphatic carbocycles. The summed E-state index contributed by atoms with van der Waals surface area (Å²) in [6.07, 6.45) is 0. The normalized spacial score (nSPS) is 17.6. The summed E-state index contributed by atoms with van der Waals surface area (Å²) in [4.78, 5) is 19.8. The molecule has 4 nitrogen and oxygen atoms in total. The monoisotopic (exact) mass is 1190 g/mol. The Morgan fingerprint density at radius 2 is 0.508 bits per heavy atom. The molecule has 0 amide bonds. The van der Waals surface area contributed by atoms with Gasteiger partial charge in [0.2, 0.25) is 0 Å². The van der Waals surface area contributed by atoms with Gasteiger partial charge in [-0.2, -0.15) is 0 Å². The predicted molar refractivity (Wildman–Crippen MR) is 285 cm³/mol. The molecule has 5 aliphatic heterocycles. The third-order valence-electron chi connectivity index (χ3n) is 10.1. The van der Waals surface area contributed by atoms with Crippen LogP contribution < -0.4 is 0 Å². The molecule has 9 rings (SSSR count). The van der Waals surface area contributed by atoms with Crippen molar-refractivity contribution in [2.45, 2.75) is 0 Å². The molecule has 0 atom stereocenters. The average Bonchev–Trinajstić information content (AvgIpc) is 3.96. The molecule has 65 heavy (non-hydrogen) atoms. The fraction of sp³-hybridized carbons (Fsp3) is 0. The van der Waals surface area contributed by atoms with Crippen molar-refractivity contribution < 1.29 is 0 Å². The van der Waals surface area contributed by atoms with Gasteiger partial charge in [-0.3, -0.25) is 0 Å². The molecule has 0 fully saturated rings. The number of hydrogen-bond donors (Lipinski definition) is 0. The van der Waals surface area contributed by atoms with Crippen LogP contribution in [0.4, 0.5) is 0 Å². The molecule has 21 heteroatoms. The number of hydrogen-bond acceptors (Lipinski definition) is 4. The van der Waals surface area contributed by atoms with E-state index in [1.807, 2.05) is 0 Å². The van der Waals surface area contributed by atoms with Gasteiger partial charge < -0.3 is 0 Å². The first-order chi connectivity index (χ1) is 30.4. The largest absolute Gasteiger partial charge is 0.245 e. The Morgan fingerprint density at radius 3 is 0.892 bits per heavy atom. The van der Waals surface area contributed by atoms with Crippen LogP contribution in [0.5, 0.6) is 0 Å². The lowest BCUT2D eigenvalue weighted by Crippen LogP contribution is -2.09. The zero-order valence-corrected chi connectivity index (χ0v) is 44.1. The summed E-state index contributed by atoms with van der Waals surface area (Å²) in [7, 11) is 0. The van der Waals surface area contributed by atoms with Crippen LogP contribution in [0.15, 0.2) is 156 Å². The number of halogens is 17. The number of allylic oxidation sites excluding steroid dienone is 12. The van der Waals surface area contributed by atoms with Crippen LogP contribution in [0.25, 0.3) is 22.3 Å². The molecule has 328 valence electrons. The lowest BCUT2D eigenvalue weighted by atomic mass is 9.85. The maximum absolute atomic E-state index is 7.53. The molecular formula is C44H13Cl17N4. The van der Waals surface area contributed by atoms with Crippen LogP contribution in [-0.4, -0.2) is 22.8 Å². The second-order valence-corrected chi connectivity index (χ2v) is 19.9. The molecule has 5 aliphatic rings. The third-order valence-corrected chi connectivity index (χ3v) is 15.7. The Bertz CT molecular complexity index is 3240. The van der Waals surface area contributed by atoms with E-state index in [0.717, 1.165) is 0 Å². The van der Waals surface area contributed by atoms with Gasteiger partial charge in [0.15, 0.2) is 0 Å². The fourth-order valence-corrected chi connectivity index (χ4v) is 12.0. The van der Waals surface area contributed by atoms with Crippen molar-refractivity contribution in [3.05, 3.63) is 198 Å². The van der Waals surface area contributed by atoms with E-state index >= 15 is 0 Å². The van der Waals surface area contributed by atoms with E-state index in [1.54, 1.807) is 72.8 Å². The fourth-order valence-electron chi connectivity index (χ4n) is 7.33. The Hall–Kier alpha value is -1.59. The Labute approximate surface area is 456 Å². The first-order valence-corrected chi connectivity index (χ1v) is 23.8. The van der Waals surface area contributed by atoms with Crippen molar-refractivity contribution in [2.75, 3.05) is 0 Å². The first-order valence-electron chi connectivity index (χ1n) is 17.8. The number of nitrogens with zero attached hydrogens (tertiary/aromatic N) is 4. The van der Waals surface area contributed by atoms with Gasteiger partial charge in [-0.1, -0.05) is 210 Å². The van der Waals surface area contributed by atoms with E-state index in [1.165, 1.54) is 0 Å². The molecule has 0 saturated heterocycles. The molecule has 0 N–H and O–H groups in total. The van der Waals surface area contributed by atoms with E-state index in [2.05, 4.69) is 4.99 Å². The van der Waals surface area contributed by atoms with Crippen LogP contribution in [0.1, 0.15) is 22.3 Å². The standard InChI is InChI=1S/C44H12Cl16N4.ClH/c45-13-5-1-6-14(46)21(13)25-26(22-15(47)7-2-8-16(22)48)39-34(58)41-30(54)31(55)43(63-41)36(60)44-33(57)32(56)42(64-44)35(59)40-29(53)27(23-17(49)9-3-10-18(23)50)38(62-40)28(37(25)61-39)24-19(51)11-4-12-20(24)52;/h1-12H;1H. The van der Waals surface area contributed by atoms with Crippen molar-refractivity contribution in [3.63, 3.8) is 0 Å². The summed E-state index contributed by atoms with van der Waals surface area (Å²) in [6, 6.07) is 19.6. The van der Waals surface area contributed by atoms with Crippen LogP contribution >= 0.6 is 198 Å². The van der Waals surface area contributed by atoms with E-state index in [4.69, 9.17) is 201 Å². The summed E-state index contributed by atoms with van der Waals surface area (Å²) in [5.41, 5.74) is 1.41. The van der Waals surface area contributed by atoms with Gasteiger partial charge in [-0.15, -0.1) is 12.4 Å². The predicted octanol–water partition coefficient (Wildman–Crippen LogP) is 19.9. The minimum Gasteiger partial charge on any atom is -0.245 e. The minimum atomic E-state index is -0.175. The molecule has 5 heterocycles. The van der Waals surface area contributed by atoms with Gasteiger partial charge in [0.25, 0.3) is 0 Å². The molecule has 4 aromatic carbocycles. The van der Waals surface area contributed by atoms with E-state index in [0.29, 0.717) is 0 Å². The molecule has 0 radical (unpaired) electrons. The third kappa shape index (κ3) is 8.22. The summed E-state index contributed by atoms with van der Waals surface area (Å²) < 4.78 is 0. The highest BCUT2D eigenvalue weighted by Gasteiger charge is 2.42. The number of aliphatic imine (C=N–C) groups is 4. The number of rotatable bonds is 4. The summed E-state index contributed by atoms with van der Waals surface area (Å²) in [5.74, 6) is 0. The summed E-state index contributed by atoms with van der Waals surface area (Å²) in [6.45, 7) is 0. The lowest BCUT2D eigenvalue weighted by molar-refractivity contribution is 1.38. The van der Waals surface area contributed by atoms with Crippen molar-refractivity contribution in [3.8, 4) is 0 Å².